The summed E-state index contributed by atoms with van der Waals surface area (Å²) in [6, 6.07) is 6.98. The summed E-state index contributed by atoms with van der Waals surface area (Å²) >= 11 is 0. The highest BCUT2D eigenvalue weighted by Gasteiger charge is 2.29. The normalized spacial score (nSPS) is 25.6. The number of aliphatic hydroxyl groups is 1. The molecule has 202 valence electrons. The summed E-state index contributed by atoms with van der Waals surface area (Å²) in [6.45, 7) is 7.67. The maximum atomic E-state index is 14.1. The molecule has 2 N–H and O–H groups in total. The maximum Gasteiger partial charge on any atom is 0.260 e. The van der Waals surface area contributed by atoms with Crippen LogP contribution in [0.4, 0.5) is 5.95 Å². The molecule has 0 spiro atoms. The fraction of sp³-hybridized carbons (Fsp3) is 0.621. The minimum absolute atomic E-state index is 0.0254. The molecular formula is C29H38N6O3. The van der Waals surface area contributed by atoms with Crippen LogP contribution in [0.2, 0.25) is 0 Å². The molecule has 0 bridgehead atoms. The molecule has 4 aliphatic rings. The van der Waals surface area contributed by atoms with Gasteiger partial charge in [0.05, 0.1) is 25.4 Å². The van der Waals surface area contributed by atoms with Crippen LogP contribution in [0, 0.1) is 5.92 Å². The predicted octanol–water partition coefficient (Wildman–Crippen LogP) is 2.76. The molecule has 2 saturated carbocycles. The first-order chi connectivity index (χ1) is 18.6. The molecule has 3 aromatic rings. The van der Waals surface area contributed by atoms with Crippen LogP contribution in [0.25, 0.3) is 21.8 Å². The monoisotopic (exact) mass is 518 g/mol. The molecule has 38 heavy (non-hydrogen) atoms. The van der Waals surface area contributed by atoms with E-state index in [2.05, 4.69) is 38.3 Å². The van der Waals surface area contributed by atoms with Gasteiger partial charge in [-0.1, -0.05) is 12.1 Å². The Bertz CT molecular complexity index is 1370. The number of pyridine rings is 1. The molecule has 0 radical (unpaired) electrons. The molecule has 2 aromatic heterocycles. The lowest BCUT2D eigenvalue weighted by Gasteiger charge is -2.42. The number of aliphatic hydroxyl groups excluding tert-OH is 1. The zero-order valence-electron chi connectivity index (χ0n) is 22.0. The molecular weight excluding hydrogens is 480 g/mol. The van der Waals surface area contributed by atoms with Crippen molar-refractivity contribution in [3.8, 4) is 0 Å². The Morgan fingerprint density at radius 3 is 2.45 bits per heavy atom. The van der Waals surface area contributed by atoms with Crippen molar-refractivity contribution in [2.75, 3.05) is 51.3 Å². The lowest BCUT2D eigenvalue weighted by atomic mass is 9.92. The third kappa shape index (κ3) is 4.81. The summed E-state index contributed by atoms with van der Waals surface area (Å²) in [5, 5.41) is 16.1. The number of nitrogens with zero attached hydrogens (tertiary/aromatic N) is 5. The molecule has 7 rings (SSSR count). The second kappa shape index (κ2) is 10.2. The van der Waals surface area contributed by atoms with Gasteiger partial charge in [0.2, 0.25) is 5.95 Å². The van der Waals surface area contributed by atoms with E-state index in [0.29, 0.717) is 36.4 Å². The number of ether oxygens (including phenoxy) is 1. The number of hydrogen-bond acceptors (Lipinski definition) is 8. The summed E-state index contributed by atoms with van der Waals surface area (Å²) in [6.07, 6.45) is 7.13. The first kappa shape index (κ1) is 24.5. The first-order valence-electron chi connectivity index (χ1n) is 14.4. The number of piperazine rings is 1. The Morgan fingerprint density at radius 2 is 1.74 bits per heavy atom. The quantitative estimate of drug-likeness (QED) is 0.461. The van der Waals surface area contributed by atoms with Crippen LogP contribution in [0.3, 0.4) is 0 Å². The van der Waals surface area contributed by atoms with Crippen LogP contribution in [-0.2, 0) is 11.3 Å². The standard InChI is InChI=1S/C29H38N6O3/c36-23-6-4-21(5-7-23)35-27-26(15-31-29(32-27)30-14-19-1-2-19)24-8-3-20(13-25(24)28(35)37)16-33-9-11-34(12-10-33)22-17-38-18-22/h3,8,13,15,19,21-23,36H,1-2,4-7,9-12,14,16-18H2,(H,30,31,32)/t21-,23-. The third-order valence-corrected chi connectivity index (χ3v) is 9.05. The average molecular weight is 519 g/mol. The van der Waals surface area contributed by atoms with E-state index in [0.717, 1.165) is 81.5 Å². The highest BCUT2D eigenvalue weighted by molar-refractivity contribution is 6.04. The molecule has 2 aliphatic carbocycles. The second-order valence-electron chi connectivity index (χ2n) is 11.8. The van der Waals surface area contributed by atoms with E-state index in [-0.39, 0.29) is 17.7 Å². The summed E-state index contributed by atoms with van der Waals surface area (Å²) < 4.78 is 7.28. The Kier molecular flexibility index (Phi) is 6.55. The van der Waals surface area contributed by atoms with Crippen molar-refractivity contribution in [2.45, 2.75) is 63.3 Å². The lowest BCUT2D eigenvalue weighted by Crippen LogP contribution is -2.56. The maximum absolute atomic E-state index is 14.1. The van der Waals surface area contributed by atoms with Gasteiger partial charge in [0, 0.05) is 62.3 Å². The fourth-order valence-corrected chi connectivity index (χ4v) is 6.35. The zero-order chi connectivity index (χ0) is 25.6. The van der Waals surface area contributed by atoms with Crippen molar-refractivity contribution in [2.24, 2.45) is 5.92 Å². The molecule has 9 nitrogen and oxygen atoms in total. The highest BCUT2D eigenvalue weighted by atomic mass is 16.5. The molecule has 0 atom stereocenters. The number of rotatable bonds is 7. The SMILES string of the molecule is O=c1c2cc(CN3CCN(C4COC4)CC3)ccc2c2cnc(NCC3CC3)nc2n1[C@H]1CC[C@H](O)CC1. The van der Waals surface area contributed by atoms with Gasteiger partial charge >= 0.3 is 0 Å². The third-order valence-electron chi connectivity index (χ3n) is 9.05. The zero-order valence-corrected chi connectivity index (χ0v) is 22.0. The van der Waals surface area contributed by atoms with Crippen molar-refractivity contribution in [1.29, 1.82) is 0 Å². The van der Waals surface area contributed by atoms with Gasteiger partial charge in [0.25, 0.3) is 5.56 Å². The number of hydrogen-bond donors (Lipinski definition) is 2. The Balaban J connectivity index is 1.21. The smallest absolute Gasteiger partial charge is 0.260 e. The molecule has 2 saturated heterocycles. The topological polar surface area (TPSA) is 95.8 Å². The first-order valence-corrected chi connectivity index (χ1v) is 14.4. The van der Waals surface area contributed by atoms with E-state index >= 15 is 0 Å². The van der Waals surface area contributed by atoms with Gasteiger partial charge in [-0.3, -0.25) is 19.2 Å². The second-order valence-corrected chi connectivity index (χ2v) is 11.8. The number of benzene rings is 1. The van der Waals surface area contributed by atoms with E-state index in [9.17, 15) is 9.90 Å². The van der Waals surface area contributed by atoms with Gasteiger partial charge in [-0.05, 0) is 61.5 Å². The van der Waals surface area contributed by atoms with Crippen LogP contribution in [0.15, 0.2) is 29.2 Å². The fourth-order valence-electron chi connectivity index (χ4n) is 6.35. The molecule has 0 amide bonds. The molecule has 4 heterocycles. The van der Waals surface area contributed by atoms with Gasteiger partial charge in [-0.15, -0.1) is 0 Å². The predicted molar refractivity (Wildman–Crippen MR) is 147 cm³/mol. The Morgan fingerprint density at radius 1 is 0.947 bits per heavy atom. The summed E-state index contributed by atoms with van der Waals surface area (Å²) in [5.74, 6) is 1.30. The molecule has 4 fully saturated rings. The Hall–Kier alpha value is -2.59. The highest BCUT2D eigenvalue weighted by Crippen LogP contribution is 2.33. The molecule has 0 unspecified atom stereocenters. The summed E-state index contributed by atoms with van der Waals surface area (Å²) in [7, 11) is 0. The summed E-state index contributed by atoms with van der Waals surface area (Å²) in [5.41, 5.74) is 1.90. The molecule has 2 aliphatic heterocycles. The number of nitrogens with one attached hydrogen (secondary N) is 1. The van der Waals surface area contributed by atoms with Crippen LogP contribution in [-0.4, -0.2) is 87.5 Å². The van der Waals surface area contributed by atoms with Crippen LogP contribution < -0.4 is 10.9 Å². The average Bonchev–Trinajstić information content (AvgIpc) is 3.73. The van der Waals surface area contributed by atoms with Gasteiger partial charge in [0.15, 0.2) is 0 Å². The minimum Gasteiger partial charge on any atom is -0.393 e. The summed E-state index contributed by atoms with van der Waals surface area (Å²) in [4.78, 5) is 28.6. The molecule has 1 aromatic carbocycles. The van der Waals surface area contributed by atoms with Gasteiger partial charge in [0.1, 0.15) is 5.65 Å². The largest absolute Gasteiger partial charge is 0.393 e. The van der Waals surface area contributed by atoms with Gasteiger partial charge in [-0.25, -0.2) is 4.98 Å². The van der Waals surface area contributed by atoms with Crippen LogP contribution in [0.1, 0.15) is 50.1 Å². The van der Waals surface area contributed by atoms with Crippen molar-refractivity contribution in [3.05, 3.63) is 40.3 Å². The molecule has 9 heteroatoms. The van der Waals surface area contributed by atoms with Crippen molar-refractivity contribution < 1.29 is 9.84 Å². The van der Waals surface area contributed by atoms with Crippen molar-refractivity contribution in [3.63, 3.8) is 0 Å². The van der Waals surface area contributed by atoms with E-state index in [1.807, 2.05) is 10.8 Å². The van der Waals surface area contributed by atoms with E-state index in [4.69, 9.17) is 9.72 Å². The number of fused-ring (bicyclic) bond motifs is 3. The minimum atomic E-state index is -0.275. The lowest BCUT2D eigenvalue weighted by molar-refractivity contribution is -0.0774. The van der Waals surface area contributed by atoms with Crippen LogP contribution in [0.5, 0.6) is 0 Å². The van der Waals surface area contributed by atoms with E-state index in [1.165, 1.54) is 18.4 Å². The van der Waals surface area contributed by atoms with Gasteiger partial charge in [-0.2, -0.15) is 4.98 Å². The number of aromatic nitrogens is 3. The van der Waals surface area contributed by atoms with Gasteiger partial charge < -0.3 is 15.2 Å². The van der Waals surface area contributed by atoms with Crippen molar-refractivity contribution in [1.82, 2.24) is 24.3 Å². The van der Waals surface area contributed by atoms with Crippen molar-refractivity contribution >= 4 is 27.8 Å². The van der Waals surface area contributed by atoms with E-state index < -0.39 is 0 Å². The van der Waals surface area contributed by atoms with E-state index in [1.54, 1.807) is 0 Å². The number of anilines is 1. The Labute approximate surface area is 222 Å². The van der Waals surface area contributed by atoms with Crippen LogP contribution >= 0.6 is 0 Å².